The number of hydrogen-bond acceptors (Lipinski definition) is 4. The van der Waals surface area contributed by atoms with Gasteiger partial charge >= 0.3 is 0 Å². The molecule has 0 saturated carbocycles. The number of methoxy groups -OCH3 is 1. The fourth-order valence-electron chi connectivity index (χ4n) is 3.44. The molecule has 0 aliphatic carbocycles. The zero-order valence-electron chi connectivity index (χ0n) is 14.0. The number of carbonyl (C=O) groups is 2. The highest BCUT2D eigenvalue weighted by atomic mass is 32.2. The first-order valence-corrected chi connectivity index (χ1v) is 9.08. The Balaban J connectivity index is 1.90. The van der Waals surface area contributed by atoms with Crippen molar-refractivity contribution in [2.75, 3.05) is 23.1 Å². The molecule has 1 fully saturated rings. The van der Waals surface area contributed by atoms with Crippen LogP contribution in [-0.4, -0.2) is 24.7 Å². The lowest BCUT2D eigenvalue weighted by Crippen LogP contribution is -2.54. The van der Waals surface area contributed by atoms with Crippen LogP contribution >= 0.6 is 11.8 Å². The first-order valence-electron chi connectivity index (χ1n) is 8.10. The maximum absolute atomic E-state index is 13.0. The summed E-state index contributed by atoms with van der Waals surface area (Å²) in [5.41, 5.74) is 3.38. The van der Waals surface area contributed by atoms with Crippen LogP contribution in [0.5, 0.6) is 5.75 Å². The highest BCUT2D eigenvalue weighted by Crippen LogP contribution is 2.52. The Morgan fingerprint density at radius 2 is 1.92 bits per heavy atom. The largest absolute Gasteiger partial charge is 0.497 e. The third-order valence-corrected chi connectivity index (χ3v) is 6.03. The van der Waals surface area contributed by atoms with Crippen LogP contribution in [-0.2, 0) is 14.5 Å². The quantitative estimate of drug-likeness (QED) is 0.899. The molecule has 0 bridgehead atoms. The Bertz CT molecular complexity index is 865. The van der Waals surface area contributed by atoms with Gasteiger partial charge in [0.2, 0.25) is 10.8 Å². The molecule has 128 valence electrons. The lowest BCUT2D eigenvalue weighted by molar-refractivity contribution is -0.124. The third-order valence-electron chi connectivity index (χ3n) is 4.62. The molecule has 5 nitrogen and oxygen atoms in total. The molecule has 1 saturated heterocycles. The molecule has 2 aromatic carbocycles. The van der Waals surface area contributed by atoms with Crippen LogP contribution in [0.25, 0.3) is 0 Å². The summed E-state index contributed by atoms with van der Waals surface area (Å²) in [7, 11) is 1.60. The van der Waals surface area contributed by atoms with E-state index in [0.29, 0.717) is 23.6 Å². The number of nitrogens with one attached hydrogen (secondary N) is 1. The lowest BCUT2D eigenvalue weighted by atomic mass is 10.0. The molecule has 6 heteroatoms. The summed E-state index contributed by atoms with van der Waals surface area (Å²) in [6, 6.07) is 13.1. The molecule has 2 aromatic rings. The number of rotatable bonds is 2. The molecule has 2 aliphatic heterocycles. The molecule has 2 aliphatic rings. The van der Waals surface area contributed by atoms with Gasteiger partial charge in [0, 0.05) is 29.1 Å². The Labute approximate surface area is 150 Å². The van der Waals surface area contributed by atoms with Gasteiger partial charge in [0.05, 0.1) is 7.11 Å². The Hall–Kier alpha value is -2.47. The van der Waals surface area contributed by atoms with Crippen molar-refractivity contribution in [3.63, 3.8) is 0 Å². The highest BCUT2D eigenvalue weighted by Gasteiger charge is 2.56. The fraction of sp³-hybridized carbons (Fsp3) is 0.263. The second-order valence-electron chi connectivity index (χ2n) is 6.17. The van der Waals surface area contributed by atoms with E-state index < -0.39 is 4.87 Å². The molecule has 1 atom stereocenters. The summed E-state index contributed by atoms with van der Waals surface area (Å²) in [4.78, 5) is 26.5. The van der Waals surface area contributed by atoms with E-state index in [-0.39, 0.29) is 11.8 Å². The Kier molecular flexibility index (Phi) is 3.72. The maximum Gasteiger partial charge on any atom is 0.266 e. The van der Waals surface area contributed by atoms with Gasteiger partial charge in [0.1, 0.15) is 5.75 Å². The lowest BCUT2D eigenvalue weighted by Gasteiger charge is -2.42. The van der Waals surface area contributed by atoms with Gasteiger partial charge in [0.15, 0.2) is 0 Å². The standard InChI is InChI=1S/C19H18N2O3S/c1-12-3-8-16-15(11-12)19(18(23)20-16)21(17(22)9-10-25-19)13-4-6-14(24-2)7-5-13/h3-8,11H,9-10H2,1-2H3,(H,20,23)/t19-/m1/s1. The van der Waals surface area contributed by atoms with Gasteiger partial charge in [-0.1, -0.05) is 17.7 Å². The maximum atomic E-state index is 13.0. The molecule has 0 unspecified atom stereocenters. The van der Waals surface area contributed by atoms with E-state index in [1.807, 2.05) is 37.3 Å². The molecule has 0 aromatic heterocycles. The summed E-state index contributed by atoms with van der Waals surface area (Å²) < 4.78 is 5.21. The van der Waals surface area contributed by atoms with E-state index in [1.54, 1.807) is 24.1 Å². The van der Waals surface area contributed by atoms with E-state index in [2.05, 4.69) is 5.32 Å². The van der Waals surface area contributed by atoms with Crippen molar-refractivity contribution in [3.8, 4) is 5.75 Å². The van der Waals surface area contributed by atoms with Gasteiger partial charge in [-0.3, -0.25) is 14.5 Å². The zero-order valence-corrected chi connectivity index (χ0v) is 14.9. The zero-order chi connectivity index (χ0) is 17.6. The van der Waals surface area contributed by atoms with Crippen LogP contribution in [0.3, 0.4) is 0 Å². The first kappa shape index (κ1) is 16.0. The normalized spacial score (nSPS) is 22.1. The monoisotopic (exact) mass is 354 g/mol. The topological polar surface area (TPSA) is 58.6 Å². The average Bonchev–Trinajstić information content (AvgIpc) is 2.88. The minimum Gasteiger partial charge on any atom is -0.497 e. The van der Waals surface area contributed by atoms with Crippen molar-refractivity contribution in [3.05, 3.63) is 53.6 Å². The van der Waals surface area contributed by atoms with Crippen LogP contribution in [0.2, 0.25) is 0 Å². The van der Waals surface area contributed by atoms with Crippen molar-refractivity contribution in [2.24, 2.45) is 0 Å². The Morgan fingerprint density at radius 3 is 2.64 bits per heavy atom. The van der Waals surface area contributed by atoms with Crippen molar-refractivity contribution in [1.82, 2.24) is 0 Å². The minimum atomic E-state index is -1.05. The summed E-state index contributed by atoms with van der Waals surface area (Å²) in [6.45, 7) is 1.99. The number of thioether (sulfide) groups is 1. The van der Waals surface area contributed by atoms with Crippen molar-refractivity contribution < 1.29 is 14.3 Å². The van der Waals surface area contributed by atoms with Gasteiger partial charge in [0.25, 0.3) is 5.91 Å². The number of amides is 2. The van der Waals surface area contributed by atoms with E-state index in [4.69, 9.17) is 4.74 Å². The van der Waals surface area contributed by atoms with Crippen LogP contribution < -0.4 is 15.0 Å². The van der Waals surface area contributed by atoms with Crippen LogP contribution in [0.1, 0.15) is 17.5 Å². The third kappa shape index (κ3) is 2.32. The number of aryl methyl sites for hydroxylation is 1. The number of nitrogens with zero attached hydrogens (tertiary/aromatic N) is 1. The summed E-state index contributed by atoms with van der Waals surface area (Å²) >= 11 is 1.51. The number of ether oxygens (including phenoxy) is 1. The molecule has 1 spiro atoms. The molecule has 0 radical (unpaired) electrons. The van der Waals surface area contributed by atoms with Gasteiger partial charge in [-0.2, -0.15) is 0 Å². The van der Waals surface area contributed by atoms with E-state index >= 15 is 0 Å². The minimum absolute atomic E-state index is 0.0478. The fourth-order valence-corrected chi connectivity index (χ4v) is 4.85. The van der Waals surface area contributed by atoms with Gasteiger partial charge in [-0.05, 0) is 37.3 Å². The SMILES string of the molecule is COc1ccc(N2C(=O)CCS[C@]23C(=O)Nc2ccc(C)cc23)cc1. The molecule has 25 heavy (non-hydrogen) atoms. The van der Waals surface area contributed by atoms with Crippen LogP contribution in [0.4, 0.5) is 11.4 Å². The van der Waals surface area contributed by atoms with Crippen molar-refractivity contribution in [2.45, 2.75) is 18.2 Å². The summed E-state index contributed by atoms with van der Waals surface area (Å²) in [6.07, 6.45) is 0.410. The number of benzene rings is 2. The van der Waals surface area contributed by atoms with E-state index in [9.17, 15) is 9.59 Å². The van der Waals surface area contributed by atoms with Gasteiger partial charge in [-0.25, -0.2) is 0 Å². The predicted octanol–water partition coefficient (Wildman–Crippen LogP) is 3.28. The van der Waals surface area contributed by atoms with E-state index in [0.717, 1.165) is 16.8 Å². The molecule has 2 heterocycles. The molecular weight excluding hydrogens is 336 g/mol. The summed E-state index contributed by atoms with van der Waals surface area (Å²) in [5.74, 6) is 1.11. The van der Waals surface area contributed by atoms with Crippen molar-refractivity contribution in [1.29, 1.82) is 0 Å². The second kappa shape index (κ2) is 5.81. The second-order valence-corrected chi connectivity index (χ2v) is 7.46. The molecule has 4 rings (SSSR count). The smallest absolute Gasteiger partial charge is 0.266 e. The van der Waals surface area contributed by atoms with E-state index in [1.165, 1.54) is 11.8 Å². The number of carbonyl (C=O) groups excluding carboxylic acids is 2. The number of fused-ring (bicyclic) bond motifs is 2. The predicted molar refractivity (Wildman–Crippen MR) is 99.0 cm³/mol. The summed E-state index contributed by atoms with van der Waals surface area (Å²) in [5, 5.41) is 2.95. The van der Waals surface area contributed by atoms with Crippen molar-refractivity contribution >= 4 is 35.0 Å². The van der Waals surface area contributed by atoms with Gasteiger partial charge < -0.3 is 10.1 Å². The molecule has 2 amide bonds. The highest BCUT2D eigenvalue weighted by molar-refractivity contribution is 8.01. The number of hydrogen-bond donors (Lipinski definition) is 1. The van der Waals surface area contributed by atoms with Gasteiger partial charge in [-0.15, -0.1) is 11.8 Å². The average molecular weight is 354 g/mol. The number of anilines is 2. The molecule has 1 N–H and O–H groups in total. The van der Waals surface area contributed by atoms with Crippen LogP contribution in [0.15, 0.2) is 42.5 Å². The molecular formula is C19H18N2O3S. The first-order chi connectivity index (χ1) is 12.1. The van der Waals surface area contributed by atoms with Crippen LogP contribution in [0, 0.1) is 6.92 Å². The Morgan fingerprint density at radius 1 is 1.16 bits per heavy atom.